The van der Waals surface area contributed by atoms with Crippen molar-refractivity contribution in [2.24, 2.45) is 11.8 Å². The van der Waals surface area contributed by atoms with E-state index in [0.29, 0.717) is 17.3 Å². The van der Waals surface area contributed by atoms with Crippen molar-refractivity contribution in [2.75, 3.05) is 12.0 Å². The van der Waals surface area contributed by atoms with E-state index in [4.69, 9.17) is 5.84 Å². The van der Waals surface area contributed by atoms with Crippen molar-refractivity contribution >= 4 is 11.7 Å². The summed E-state index contributed by atoms with van der Waals surface area (Å²) in [7, 11) is 0. The summed E-state index contributed by atoms with van der Waals surface area (Å²) in [4.78, 5) is 19.0. The molecule has 5 nitrogen and oxygen atoms in total. The summed E-state index contributed by atoms with van der Waals surface area (Å²) in [6.45, 7) is 7.19. The van der Waals surface area contributed by atoms with Gasteiger partial charge >= 0.3 is 0 Å². The number of pyridine rings is 1. The average Bonchev–Trinajstić information content (AvgIpc) is 2.48. The predicted molar refractivity (Wildman–Crippen MR) is 80.3 cm³/mol. The first-order valence-electron chi connectivity index (χ1n) is 7.35. The number of nitrogen functional groups attached to an aromatic ring is 1. The second-order valence-electron chi connectivity index (χ2n) is 5.59. The van der Waals surface area contributed by atoms with Crippen LogP contribution in [0.15, 0.2) is 12.1 Å². The van der Waals surface area contributed by atoms with E-state index in [0.717, 1.165) is 25.1 Å². The molecule has 2 rings (SSSR count). The number of anilines is 1. The van der Waals surface area contributed by atoms with Crippen molar-refractivity contribution in [1.82, 2.24) is 9.88 Å². The lowest BCUT2D eigenvalue weighted by molar-refractivity contribution is 0.0551. The van der Waals surface area contributed by atoms with Crippen molar-refractivity contribution in [3.63, 3.8) is 0 Å². The predicted octanol–water partition coefficient (Wildman–Crippen LogP) is 2.19. The van der Waals surface area contributed by atoms with E-state index in [9.17, 15) is 4.79 Å². The molecular weight excluding hydrogens is 252 g/mol. The van der Waals surface area contributed by atoms with Crippen LogP contribution >= 0.6 is 0 Å². The Hall–Kier alpha value is -1.62. The molecular formula is C15H24N4O. The third-order valence-electron chi connectivity index (χ3n) is 4.27. The Balaban J connectivity index is 2.28. The molecule has 0 aromatic carbocycles. The Morgan fingerprint density at radius 3 is 2.90 bits per heavy atom. The Morgan fingerprint density at radius 2 is 2.25 bits per heavy atom. The molecule has 0 saturated carbocycles. The van der Waals surface area contributed by atoms with E-state index in [2.05, 4.69) is 24.3 Å². The van der Waals surface area contributed by atoms with E-state index >= 15 is 0 Å². The summed E-state index contributed by atoms with van der Waals surface area (Å²) in [5, 5.41) is 0. The number of likely N-dealkylation sites (tertiary alicyclic amines) is 1. The van der Waals surface area contributed by atoms with Gasteiger partial charge in [0.05, 0.1) is 0 Å². The Bertz CT molecular complexity index is 467. The van der Waals surface area contributed by atoms with Gasteiger partial charge in [-0.3, -0.25) is 4.79 Å². The molecule has 1 aliphatic rings. The van der Waals surface area contributed by atoms with Crippen LogP contribution in [-0.4, -0.2) is 28.4 Å². The second-order valence-corrected chi connectivity index (χ2v) is 5.59. The molecule has 1 aromatic rings. The van der Waals surface area contributed by atoms with E-state index < -0.39 is 0 Å². The summed E-state index contributed by atoms with van der Waals surface area (Å²) >= 11 is 0. The van der Waals surface area contributed by atoms with Crippen LogP contribution in [0.25, 0.3) is 0 Å². The smallest absolute Gasteiger partial charge is 0.254 e. The fourth-order valence-electron chi connectivity index (χ4n) is 2.75. The van der Waals surface area contributed by atoms with E-state index in [1.54, 1.807) is 6.07 Å². The first kappa shape index (κ1) is 14.8. The zero-order valence-corrected chi connectivity index (χ0v) is 12.5. The number of amides is 1. The van der Waals surface area contributed by atoms with Gasteiger partial charge in [-0.1, -0.05) is 13.8 Å². The van der Waals surface area contributed by atoms with Gasteiger partial charge in [0.25, 0.3) is 5.91 Å². The lowest BCUT2D eigenvalue weighted by Gasteiger charge is -2.38. The van der Waals surface area contributed by atoms with Gasteiger partial charge in [0.2, 0.25) is 0 Å². The number of carbonyl (C=O) groups excluding carboxylic acids is 1. The highest BCUT2D eigenvalue weighted by atomic mass is 16.2. The summed E-state index contributed by atoms with van der Waals surface area (Å²) in [6, 6.07) is 3.88. The molecule has 0 aliphatic carbocycles. The minimum Gasteiger partial charge on any atom is -0.336 e. The molecule has 0 bridgehead atoms. The lowest BCUT2D eigenvalue weighted by Crippen LogP contribution is -2.46. The topological polar surface area (TPSA) is 71.2 Å². The third kappa shape index (κ3) is 2.93. The van der Waals surface area contributed by atoms with Crippen molar-refractivity contribution in [3.05, 3.63) is 23.4 Å². The monoisotopic (exact) mass is 276 g/mol. The van der Waals surface area contributed by atoms with Crippen molar-refractivity contribution in [3.8, 4) is 0 Å². The number of piperidine rings is 1. The fraction of sp³-hybridized carbons (Fsp3) is 0.600. The Labute approximate surface area is 120 Å². The Kier molecular flexibility index (Phi) is 4.60. The number of hydrazine groups is 1. The zero-order valence-electron chi connectivity index (χ0n) is 12.5. The number of aryl methyl sites for hydroxylation is 1. The van der Waals surface area contributed by atoms with Gasteiger partial charge in [-0.15, -0.1) is 0 Å². The number of hydrogen-bond acceptors (Lipinski definition) is 4. The number of nitrogens with zero attached hydrogens (tertiary/aromatic N) is 2. The van der Waals surface area contributed by atoms with Gasteiger partial charge in [0.1, 0.15) is 5.82 Å². The van der Waals surface area contributed by atoms with Gasteiger partial charge in [-0.25, -0.2) is 10.8 Å². The maximum Gasteiger partial charge on any atom is 0.254 e. The van der Waals surface area contributed by atoms with Crippen LogP contribution in [0.3, 0.4) is 0 Å². The highest BCUT2D eigenvalue weighted by Gasteiger charge is 2.29. The molecule has 20 heavy (non-hydrogen) atoms. The number of nitrogens with two attached hydrogens (primary N) is 1. The van der Waals surface area contributed by atoms with Crippen molar-refractivity contribution in [2.45, 2.75) is 46.1 Å². The van der Waals surface area contributed by atoms with E-state index in [1.165, 1.54) is 6.42 Å². The number of rotatable bonds is 3. The van der Waals surface area contributed by atoms with Crippen LogP contribution in [0.4, 0.5) is 5.82 Å². The SMILES string of the molecule is CCc1cc(C(=O)N2CCCC(C)C2C)cc(NN)n1. The molecule has 2 unspecified atom stereocenters. The fourth-order valence-corrected chi connectivity index (χ4v) is 2.75. The van der Waals surface area contributed by atoms with Crippen LogP contribution < -0.4 is 11.3 Å². The quantitative estimate of drug-likeness (QED) is 0.656. The molecule has 1 aromatic heterocycles. The zero-order chi connectivity index (χ0) is 14.7. The molecule has 5 heteroatoms. The summed E-state index contributed by atoms with van der Waals surface area (Å²) in [5.41, 5.74) is 4.09. The summed E-state index contributed by atoms with van der Waals surface area (Å²) < 4.78 is 0. The second kappa shape index (κ2) is 6.22. The minimum absolute atomic E-state index is 0.0812. The van der Waals surface area contributed by atoms with Gasteiger partial charge in [0.15, 0.2) is 0 Å². The normalized spacial score (nSPS) is 22.7. The van der Waals surface area contributed by atoms with Crippen LogP contribution in [-0.2, 0) is 6.42 Å². The van der Waals surface area contributed by atoms with Gasteiger partial charge < -0.3 is 10.3 Å². The molecule has 1 amide bonds. The van der Waals surface area contributed by atoms with Crippen molar-refractivity contribution in [1.29, 1.82) is 0 Å². The van der Waals surface area contributed by atoms with Crippen LogP contribution in [0.2, 0.25) is 0 Å². The highest BCUT2D eigenvalue weighted by Crippen LogP contribution is 2.25. The standard InChI is InChI=1S/C15H24N4O/c1-4-13-8-12(9-14(17-13)18-16)15(20)19-7-5-6-10(2)11(19)3/h8-11H,4-7,16H2,1-3H3,(H,17,18). The molecule has 3 N–H and O–H groups in total. The van der Waals surface area contributed by atoms with Crippen LogP contribution in [0.1, 0.15) is 49.7 Å². The van der Waals surface area contributed by atoms with Crippen LogP contribution in [0, 0.1) is 5.92 Å². The largest absolute Gasteiger partial charge is 0.336 e. The molecule has 1 saturated heterocycles. The first-order valence-corrected chi connectivity index (χ1v) is 7.35. The summed E-state index contributed by atoms with van der Waals surface area (Å²) in [5.74, 6) is 6.61. The molecule has 1 aliphatic heterocycles. The molecule has 0 spiro atoms. The number of carbonyl (C=O) groups is 1. The highest BCUT2D eigenvalue weighted by molar-refractivity contribution is 5.95. The number of aromatic nitrogens is 1. The molecule has 2 heterocycles. The average molecular weight is 276 g/mol. The minimum atomic E-state index is 0.0812. The molecule has 2 atom stereocenters. The first-order chi connectivity index (χ1) is 9.56. The number of hydrogen-bond donors (Lipinski definition) is 2. The van der Waals surface area contributed by atoms with Gasteiger partial charge in [0, 0.05) is 23.8 Å². The van der Waals surface area contributed by atoms with Gasteiger partial charge in [-0.05, 0) is 44.2 Å². The molecule has 1 fully saturated rings. The lowest BCUT2D eigenvalue weighted by atomic mass is 9.91. The van der Waals surface area contributed by atoms with Crippen LogP contribution in [0.5, 0.6) is 0 Å². The van der Waals surface area contributed by atoms with E-state index in [-0.39, 0.29) is 11.9 Å². The van der Waals surface area contributed by atoms with E-state index in [1.807, 2.05) is 17.9 Å². The molecule has 0 radical (unpaired) electrons. The molecule has 110 valence electrons. The maximum absolute atomic E-state index is 12.7. The van der Waals surface area contributed by atoms with Gasteiger partial charge in [-0.2, -0.15) is 0 Å². The summed E-state index contributed by atoms with van der Waals surface area (Å²) in [6.07, 6.45) is 3.05. The number of nitrogens with one attached hydrogen (secondary N) is 1. The maximum atomic E-state index is 12.7. The Morgan fingerprint density at radius 1 is 1.50 bits per heavy atom. The third-order valence-corrected chi connectivity index (χ3v) is 4.27. The van der Waals surface area contributed by atoms with Crippen molar-refractivity contribution < 1.29 is 4.79 Å².